The van der Waals surface area contributed by atoms with Crippen LogP contribution in [0.1, 0.15) is 62.0 Å². The van der Waals surface area contributed by atoms with Gasteiger partial charge in [-0.15, -0.1) is 0 Å². The molecule has 230 valence electrons. The number of ether oxygens (including phenoxy) is 1. The number of aromatic nitrogens is 5. The average molecular weight is 595 g/mol. The second-order valence-electron chi connectivity index (χ2n) is 12.3. The third-order valence-electron chi connectivity index (χ3n) is 9.79. The third kappa shape index (κ3) is 5.40. The van der Waals surface area contributed by atoms with Gasteiger partial charge in [-0.2, -0.15) is 5.10 Å². The van der Waals surface area contributed by atoms with Gasteiger partial charge in [0.25, 0.3) is 0 Å². The van der Waals surface area contributed by atoms with E-state index >= 15 is 0 Å². The van der Waals surface area contributed by atoms with Gasteiger partial charge in [0.05, 0.1) is 30.4 Å². The van der Waals surface area contributed by atoms with Crippen molar-refractivity contribution in [2.75, 3.05) is 44.2 Å². The molecule has 1 saturated carbocycles. The number of benzene rings is 1. The smallest absolute Gasteiger partial charge is 0.225 e. The van der Waals surface area contributed by atoms with Gasteiger partial charge in [0, 0.05) is 49.9 Å². The number of carbonyl (C=O) groups is 1. The number of rotatable bonds is 7. The Bertz CT molecular complexity index is 1640. The Kier molecular flexibility index (Phi) is 7.93. The van der Waals surface area contributed by atoms with Crippen LogP contribution in [0.2, 0.25) is 0 Å². The molecule has 0 radical (unpaired) electrons. The van der Waals surface area contributed by atoms with E-state index in [1.807, 2.05) is 36.0 Å². The van der Waals surface area contributed by atoms with Gasteiger partial charge in [0.1, 0.15) is 17.9 Å². The van der Waals surface area contributed by atoms with E-state index in [0.717, 1.165) is 92.1 Å². The van der Waals surface area contributed by atoms with Crippen molar-refractivity contribution in [2.45, 2.75) is 64.5 Å². The lowest BCUT2D eigenvalue weighted by molar-refractivity contribution is -0.137. The van der Waals surface area contributed by atoms with Gasteiger partial charge >= 0.3 is 0 Å². The van der Waals surface area contributed by atoms with Gasteiger partial charge in [-0.3, -0.25) is 9.78 Å². The molecule has 1 spiro atoms. The molecule has 2 aliphatic heterocycles. The van der Waals surface area contributed by atoms with E-state index in [4.69, 9.17) is 9.72 Å². The fourth-order valence-corrected chi connectivity index (χ4v) is 7.45. The normalized spacial score (nSPS) is 21.9. The number of hydrogen-bond donors (Lipinski definition) is 1. The molecule has 0 unspecified atom stereocenters. The molecule has 5 heterocycles. The molecule has 2 fully saturated rings. The van der Waals surface area contributed by atoms with Crippen molar-refractivity contribution < 1.29 is 9.53 Å². The third-order valence-corrected chi connectivity index (χ3v) is 9.79. The van der Waals surface area contributed by atoms with E-state index in [2.05, 4.69) is 55.3 Å². The Morgan fingerprint density at radius 1 is 1.05 bits per heavy atom. The van der Waals surface area contributed by atoms with E-state index < -0.39 is 0 Å². The fourth-order valence-electron chi connectivity index (χ4n) is 7.45. The standard InChI is InChI=1S/C34H42N8O2/c1-3-26-6-5-7-27(39-26)22-42-32-29(21-38-42)31(35-23-36-32)40-16-18-41(19-17-40)33(43)24-10-13-34(14-11-24)30-9-8-28(44-4-2)20-25(30)12-15-37-34/h5-9,20-21,23-24,37H,3-4,10-19,22H2,1-2H3. The van der Waals surface area contributed by atoms with Gasteiger partial charge in [0.15, 0.2) is 5.65 Å². The minimum absolute atomic E-state index is 0.0223. The lowest BCUT2D eigenvalue weighted by Crippen LogP contribution is -2.53. The first kappa shape index (κ1) is 28.7. The lowest BCUT2D eigenvalue weighted by Gasteiger charge is -2.46. The summed E-state index contributed by atoms with van der Waals surface area (Å²) in [6.07, 6.45) is 9.22. The highest BCUT2D eigenvalue weighted by atomic mass is 16.5. The van der Waals surface area contributed by atoms with Crippen molar-refractivity contribution >= 4 is 22.8 Å². The van der Waals surface area contributed by atoms with E-state index in [1.54, 1.807) is 6.33 Å². The molecule has 10 nitrogen and oxygen atoms in total. The molecule has 0 atom stereocenters. The zero-order valence-electron chi connectivity index (χ0n) is 25.8. The number of fused-ring (bicyclic) bond motifs is 3. The number of carbonyl (C=O) groups excluding carboxylic acids is 1. The fraction of sp³-hybridized carbons (Fsp3) is 0.500. The van der Waals surface area contributed by atoms with Crippen LogP contribution in [0, 0.1) is 5.92 Å². The maximum Gasteiger partial charge on any atom is 0.225 e. The summed E-state index contributed by atoms with van der Waals surface area (Å²) in [5, 5.41) is 9.42. The highest BCUT2D eigenvalue weighted by Gasteiger charge is 2.42. The van der Waals surface area contributed by atoms with Gasteiger partial charge in [0.2, 0.25) is 5.91 Å². The minimum atomic E-state index is -0.0223. The Morgan fingerprint density at radius 3 is 2.66 bits per heavy atom. The Morgan fingerprint density at radius 2 is 1.86 bits per heavy atom. The van der Waals surface area contributed by atoms with Crippen molar-refractivity contribution in [1.29, 1.82) is 0 Å². The second kappa shape index (κ2) is 12.1. The maximum absolute atomic E-state index is 13.7. The summed E-state index contributed by atoms with van der Waals surface area (Å²) in [7, 11) is 0. The molecule has 4 aromatic rings. The van der Waals surface area contributed by atoms with E-state index in [9.17, 15) is 4.79 Å². The van der Waals surface area contributed by atoms with Crippen LogP contribution in [0.25, 0.3) is 11.0 Å². The predicted octanol–water partition coefficient (Wildman–Crippen LogP) is 4.11. The number of piperazine rings is 1. The monoisotopic (exact) mass is 594 g/mol. The molecule has 1 saturated heterocycles. The molecule has 1 aromatic carbocycles. The highest BCUT2D eigenvalue weighted by Crippen LogP contribution is 2.44. The number of hydrogen-bond acceptors (Lipinski definition) is 8. The van der Waals surface area contributed by atoms with Crippen molar-refractivity contribution in [3.63, 3.8) is 0 Å². The van der Waals surface area contributed by atoms with Crippen LogP contribution in [-0.2, 0) is 29.7 Å². The molecule has 1 amide bonds. The van der Waals surface area contributed by atoms with E-state index in [-0.39, 0.29) is 11.5 Å². The van der Waals surface area contributed by atoms with E-state index in [0.29, 0.717) is 32.1 Å². The van der Waals surface area contributed by atoms with Crippen LogP contribution in [0.4, 0.5) is 5.82 Å². The molecule has 44 heavy (non-hydrogen) atoms. The summed E-state index contributed by atoms with van der Waals surface area (Å²) in [4.78, 5) is 32.0. The number of nitrogens with one attached hydrogen (secondary N) is 1. The van der Waals surface area contributed by atoms with Crippen LogP contribution in [-0.4, -0.2) is 74.9 Å². The number of aryl methyl sites for hydroxylation is 1. The molecule has 0 bridgehead atoms. The zero-order chi connectivity index (χ0) is 30.1. The molecule has 10 heteroatoms. The summed E-state index contributed by atoms with van der Waals surface area (Å²) in [5.41, 5.74) is 5.61. The average Bonchev–Trinajstić information content (AvgIpc) is 3.48. The van der Waals surface area contributed by atoms with Crippen LogP contribution >= 0.6 is 0 Å². The molecule has 1 N–H and O–H groups in total. The highest BCUT2D eigenvalue weighted by molar-refractivity contribution is 5.87. The van der Waals surface area contributed by atoms with Crippen molar-refractivity contribution in [1.82, 2.24) is 34.9 Å². The zero-order valence-corrected chi connectivity index (χ0v) is 25.8. The number of nitrogens with zero attached hydrogens (tertiary/aromatic N) is 7. The summed E-state index contributed by atoms with van der Waals surface area (Å²) < 4.78 is 7.66. The predicted molar refractivity (Wildman–Crippen MR) is 170 cm³/mol. The van der Waals surface area contributed by atoms with E-state index in [1.165, 1.54) is 11.1 Å². The number of pyridine rings is 1. The van der Waals surface area contributed by atoms with Crippen molar-refractivity contribution in [3.05, 3.63) is 71.4 Å². The SMILES string of the molecule is CCOc1ccc2c(c1)CCNC21CCC(C(=O)N2CCN(c3ncnc4c3cnn4Cc3cccc(CC)n3)CC2)CC1. The Hall–Kier alpha value is -4.05. The molecular formula is C34H42N8O2. The first-order valence-corrected chi connectivity index (χ1v) is 16.2. The van der Waals surface area contributed by atoms with Crippen LogP contribution in [0.15, 0.2) is 48.9 Å². The summed E-state index contributed by atoms with van der Waals surface area (Å²) in [6.45, 7) is 9.26. The van der Waals surface area contributed by atoms with Crippen LogP contribution in [0.5, 0.6) is 5.75 Å². The van der Waals surface area contributed by atoms with Gasteiger partial charge in [-0.05, 0) is 80.8 Å². The first-order valence-electron chi connectivity index (χ1n) is 16.2. The number of amides is 1. The van der Waals surface area contributed by atoms with Crippen molar-refractivity contribution in [3.8, 4) is 5.75 Å². The Balaban J connectivity index is 0.979. The molecule has 1 aliphatic carbocycles. The number of anilines is 1. The first-order chi connectivity index (χ1) is 21.6. The maximum atomic E-state index is 13.7. The summed E-state index contributed by atoms with van der Waals surface area (Å²) >= 11 is 0. The van der Waals surface area contributed by atoms with Crippen LogP contribution in [0.3, 0.4) is 0 Å². The quantitative estimate of drug-likeness (QED) is 0.341. The summed E-state index contributed by atoms with van der Waals surface area (Å²) in [5.74, 6) is 2.24. The van der Waals surface area contributed by atoms with Gasteiger partial charge < -0.3 is 19.9 Å². The lowest BCUT2D eigenvalue weighted by atomic mass is 9.69. The van der Waals surface area contributed by atoms with Crippen LogP contribution < -0.4 is 15.0 Å². The molecule has 3 aliphatic rings. The molecule has 3 aromatic heterocycles. The largest absolute Gasteiger partial charge is 0.494 e. The van der Waals surface area contributed by atoms with Gasteiger partial charge in [-0.1, -0.05) is 19.1 Å². The summed E-state index contributed by atoms with van der Waals surface area (Å²) in [6, 6.07) is 12.7. The molecule has 7 rings (SSSR count). The van der Waals surface area contributed by atoms with Gasteiger partial charge in [-0.25, -0.2) is 14.6 Å². The Labute approximate surface area is 258 Å². The molecular weight excluding hydrogens is 552 g/mol. The van der Waals surface area contributed by atoms with Crippen molar-refractivity contribution in [2.24, 2.45) is 5.92 Å². The minimum Gasteiger partial charge on any atom is -0.494 e. The second-order valence-corrected chi connectivity index (χ2v) is 12.3. The topological polar surface area (TPSA) is 101 Å².